The Bertz CT molecular complexity index is 976. The highest BCUT2D eigenvalue weighted by Crippen LogP contribution is 2.30. The van der Waals surface area contributed by atoms with Crippen molar-refractivity contribution in [3.05, 3.63) is 56.3 Å². The van der Waals surface area contributed by atoms with Gasteiger partial charge in [-0.2, -0.15) is 0 Å². The number of nitro groups is 1. The number of aryl methyl sites for hydroxylation is 1. The Morgan fingerprint density at radius 3 is 2.45 bits per heavy atom. The van der Waals surface area contributed by atoms with Crippen molar-refractivity contribution in [3.8, 4) is 0 Å². The van der Waals surface area contributed by atoms with Crippen molar-refractivity contribution >= 4 is 33.0 Å². The molecule has 1 unspecified atom stereocenters. The number of nitrogens with one attached hydrogen (secondary N) is 1. The maximum absolute atomic E-state index is 12.8. The van der Waals surface area contributed by atoms with Crippen LogP contribution in [0, 0.1) is 10.1 Å². The number of nitro benzene ring substituents is 1. The number of nitrogens with zero attached hydrogens (tertiary/aromatic N) is 1. The molecular formula is C20H25FN2O6S2. The molecule has 0 bridgehead atoms. The van der Waals surface area contributed by atoms with Crippen LogP contribution in [0.3, 0.4) is 0 Å². The van der Waals surface area contributed by atoms with E-state index < -0.39 is 33.6 Å². The third-order valence-electron chi connectivity index (χ3n) is 4.62. The highest BCUT2D eigenvalue weighted by atomic mass is 32.2. The second-order valence-corrected chi connectivity index (χ2v) is 9.93. The molecule has 8 nitrogen and oxygen atoms in total. The van der Waals surface area contributed by atoms with Crippen molar-refractivity contribution in [2.75, 3.05) is 6.67 Å². The van der Waals surface area contributed by atoms with Crippen LogP contribution in [0.2, 0.25) is 0 Å². The van der Waals surface area contributed by atoms with E-state index in [2.05, 4.69) is 4.72 Å². The highest BCUT2D eigenvalue weighted by molar-refractivity contribution is 7.89. The molecular weight excluding hydrogens is 447 g/mol. The summed E-state index contributed by atoms with van der Waals surface area (Å²) in [7, 11) is -3.93. The minimum atomic E-state index is -3.93. The molecule has 0 aliphatic carbocycles. The van der Waals surface area contributed by atoms with Gasteiger partial charge in [0.25, 0.3) is 5.69 Å². The van der Waals surface area contributed by atoms with Gasteiger partial charge >= 0.3 is 5.97 Å². The lowest BCUT2D eigenvalue weighted by molar-refractivity contribution is -0.384. The van der Waals surface area contributed by atoms with E-state index in [9.17, 15) is 27.7 Å². The van der Waals surface area contributed by atoms with E-state index in [1.165, 1.54) is 23.5 Å². The summed E-state index contributed by atoms with van der Waals surface area (Å²) in [4.78, 5) is 22.5. The van der Waals surface area contributed by atoms with E-state index in [1.807, 2.05) is 12.1 Å². The van der Waals surface area contributed by atoms with Gasteiger partial charge in [0.15, 0.2) is 0 Å². The molecule has 0 spiro atoms. The van der Waals surface area contributed by atoms with Gasteiger partial charge < -0.3 is 5.11 Å². The molecule has 0 saturated heterocycles. The largest absolute Gasteiger partial charge is 0.481 e. The van der Waals surface area contributed by atoms with Gasteiger partial charge in [-0.25, -0.2) is 13.1 Å². The second-order valence-electron chi connectivity index (χ2n) is 7.01. The van der Waals surface area contributed by atoms with Crippen molar-refractivity contribution in [2.45, 2.75) is 55.9 Å². The van der Waals surface area contributed by atoms with Gasteiger partial charge in [0.2, 0.25) is 10.0 Å². The number of aliphatic carboxylic acids is 1. The lowest BCUT2D eigenvalue weighted by atomic mass is 10.1. The summed E-state index contributed by atoms with van der Waals surface area (Å²) in [6, 6.07) is 7.79. The molecule has 2 N–H and O–H groups in total. The Kier molecular flexibility index (Phi) is 9.53. The van der Waals surface area contributed by atoms with E-state index in [0.717, 1.165) is 21.9 Å². The lowest BCUT2D eigenvalue weighted by Crippen LogP contribution is -2.28. The number of hydrogen-bond donors (Lipinski definition) is 2. The molecule has 1 atom stereocenters. The number of benzene rings is 1. The van der Waals surface area contributed by atoms with Crippen LogP contribution in [-0.4, -0.2) is 31.1 Å². The van der Waals surface area contributed by atoms with Crippen molar-refractivity contribution in [1.29, 1.82) is 0 Å². The number of rotatable bonds is 14. The number of carboxylic acids is 1. The zero-order valence-corrected chi connectivity index (χ0v) is 18.5. The van der Waals surface area contributed by atoms with E-state index in [1.54, 1.807) is 0 Å². The number of sulfonamides is 1. The fraction of sp³-hybridized carbons (Fsp3) is 0.450. The van der Waals surface area contributed by atoms with E-state index in [4.69, 9.17) is 5.11 Å². The van der Waals surface area contributed by atoms with Crippen molar-refractivity contribution in [2.24, 2.45) is 0 Å². The number of thiophene rings is 1. The molecule has 0 fully saturated rings. The van der Waals surface area contributed by atoms with Gasteiger partial charge in [-0.05, 0) is 49.9 Å². The van der Waals surface area contributed by atoms with E-state index in [0.29, 0.717) is 38.5 Å². The quantitative estimate of drug-likeness (QED) is 0.235. The van der Waals surface area contributed by atoms with E-state index >= 15 is 0 Å². The predicted octanol–water partition coefficient (Wildman–Crippen LogP) is 4.61. The minimum Gasteiger partial charge on any atom is -0.481 e. The maximum Gasteiger partial charge on any atom is 0.303 e. The Hall–Kier alpha value is -2.37. The lowest BCUT2D eigenvalue weighted by Gasteiger charge is -2.18. The van der Waals surface area contributed by atoms with E-state index in [-0.39, 0.29) is 17.0 Å². The Morgan fingerprint density at radius 1 is 1.13 bits per heavy atom. The van der Waals surface area contributed by atoms with Crippen LogP contribution in [0.5, 0.6) is 0 Å². The molecule has 0 aliphatic rings. The summed E-state index contributed by atoms with van der Waals surface area (Å²) in [5.74, 6) is -0.863. The average Bonchev–Trinajstić information content (AvgIpc) is 3.19. The van der Waals surface area contributed by atoms with Crippen LogP contribution in [0.1, 0.15) is 54.3 Å². The monoisotopic (exact) mass is 472 g/mol. The van der Waals surface area contributed by atoms with Gasteiger partial charge in [0.1, 0.15) is 0 Å². The molecule has 31 heavy (non-hydrogen) atoms. The highest BCUT2D eigenvalue weighted by Gasteiger charge is 2.23. The number of unbranched alkanes of at least 4 members (excludes halogenated alkanes) is 2. The third kappa shape index (κ3) is 8.00. The summed E-state index contributed by atoms with van der Waals surface area (Å²) < 4.78 is 40.7. The molecule has 1 aromatic carbocycles. The molecule has 0 aliphatic heterocycles. The standard InChI is InChI=1S/C20H25FN2O6S2/c21-14-3-1-2-6-18(19-13-10-16(30-19)5-4-7-20(24)25)22-31(28,29)17-11-8-15(9-12-17)23(26)27/h8-13,18,22H,1-7,14H2,(H,24,25). The first-order chi connectivity index (χ1) is 14.7. The van der Waals surface area contributed by atoms with Crippen LogP contribution < -0.4 is 4.72 Å². The van der Waals surface area contributed by atoms with Gasteiger partial charge in [0.05, 0.1) is 22.5 Å². The summed E-state index contributed by atoms with van der Waals surface area (Å²) >= 11 is 1.42. The molecule has 0 amide bonds. The first-order valence-electron chi connectivity index (χ1n) is 9.86. The number of carbonyl (C=O) groups is 1. The molecule has 170 valence electrons. The zero-order chi connectivity index (χ0) is 22.9. The molecule has 1 heterocycles. The van der Waals surface area contributed by atoms with Crippen molar-refractivity contribution < 1.29 is 27.6 Å². The smallest absolute Gasteiger partial charge is 0.303 e. The number of non-ortho nitro benzene ring substituents is 1. The first kappa shape index (κ1) is 24.9. The van der Waals surface area contributed by atoms with Crippen molar-refractivity contribution in [1.82, 2.24) is 4.72 Å². The molecule has 11 heteroatoms. The molecule has 0 saturated carbocycles. The van der Waals surface area contributed by atoms with Gasteiger partial charge in [0, 0.05) is 28.3 Å². The summed E-state index contributed by atoms with van der Waals surface area (Å²) in [5.41, 5.74) is -0.203. The van der Waals surface area contributed by atoms with Crippen LogP contribution >= 0.6 is 11.3 Å². The second kappa shape index (κ2) is 11.9. The summed E-state index contributed by atoms with van der Waals surface area (Å²) in [5, 5.41) is 19.6. The van der Waals surface area contributed by atoms with Crippen LogP contribution in [0.15, 0.2) is 41.3 Å². The van der Waals surface area contributed by atoms with Gasteiger partial charge in [-0.3, -0.25) is 19.3 Å². The van der Waals surface area contributed by atoms with Crippen LogP contribution in [0.4, 0.5) is 10.1 Å². The average molecular weight is 473 g/mol. The molecule has 0 radical (unpaired) electrons. The third-order valence-corrected chi connectivity index (χ3v) is 7.37. The number of carboxylic acid groups (broad SMARTS) is 1. The van der Waals surface area contributed by atoms with Gasteiger partial charge in [-0.1, -0.05) is 12.8 Å². The first-order valence-corrected chi connectivity index (χ1v) is 12.2. The summed E-state index contributed by atoms with van der Waals surface area (Å²) in [6.45, 7) is -0.425. The fourth-order valence-corrected chi connectivity index (χ4v) is 5.48. The molecule has 2 rings (SSSR count). The SMILES string of the molecule is O=C(O)CCCc1ccc(C(CCCCCF)NS(=O)(=O)c2ccc([N+](=O)[O-])cc2)s1. The maximum atomic E-state index is 12.8. The normalized spacial score (nSPS) is 12.5. The molecule has 1 aromatic heterocycles. The molecule has 2 aromatic rings. The fourth-order valence-electron chi connectivity index (χ4n) is 3.01. The number of hydrogen-bond acceptors (Lipinski definition) is 6. The van der Waals surface area contributed by atoms with Crippen LogP contribution in [0.25, 0.3) is 0 Å². The Balaban J connectivity index is 2.16. The Morgan fingerprint density at radius 2 is 1.84 bits per heavy atom. The van der Waals surface area contributed by atoms with Crippen LogP contribution in [-0.2, 0) is 21.2 Å². The predicted molar refractivity (Wildman–Crippen MR) is 115 cm³/mol. The topological polar surface area (TPSA) is 127 Å². The van der Waals surface area contributed by atoms with Crippen molar-refractivity contribution in [3.63, 3.8) is 0 Å². The Labute approximate surface area is 184 Å². The van der Waals surface area contributed by atoms with Gasteiger partial charge in [-0.15, -0.1) is 11.3 Å². The minimum absolute atomic E-state index is 0.0622. The zero-order valence-electron chi connectivity index (χ0n) is 16.8. The summed E-state index contributed by atoms with van der Waals surface area (Å²) in [6.07, 6.45) is 3.28. The number of halogens is 1. The number of alkyl halides is 1.